The Hall–Kier alpha value is -0.810. The van der Waals surface area contributed by atoms with Crippen molar-refractivity contribution in [2.24, 2.45) is 0 Å². The van der Waals surface area contributed by atoms with Gasteiger partial charge < -0.3 is 14.7 Å². The zero-order chi connectivity index (χ0) is 10.8. The smallest absolute Gasteiger partial charge is 0.138 e. The quantitative estimate of drug-likeness (QED) is 0.885. The number of hydrogen-bond acceptors (Lipinski definition) is 4. The van der Waals surface area contributed by atoms with Gasteiger partial charge in [0.25, 0.3) is 0 Å². The second-order valence-corrected chi connectivity index (χ2v) is 4.42. The second-order valence-electron chi connectivity index (χ2n) is 3.57. The zero-order valence-electron chi connectivity index (χ0n) is 8.48. The summed E-state index contributed by atoms with van der Waals surface area (Å²) in [5.74, 6) is 1.62. The number of aliphatic hydroxyl groups is 1. The molecule has 0 spiro atoms. The van der Waals surface area contributed by atoms with Gasteiger partial charge in [0.2, 0.25) is 0 Å². The molecule has 4 nitrogen and oxygen atoms in total. The highest BCUT2D eigenvalue weighted by Crippen LogP contribution is 2.28. The van der Waals surface area contributed by atoms with Crippen LogP contribution in [0.4, 0.5) is 5.82 Å². The van der Waals surface area contributed by atoms with E-state index in [2.05, 4.69) is 25.8 Å². The highest BCUT2D eigenvalue weighted by Gasteiger charge is 2.21. The molecule has 1 unspecified atom stereocenters. The molecule has 1 fully saturated rings. The molecule has 0 aromatic carbocycles. The summed E-state index contributed by atoms with van der Waals surface area (Å²) in [4.78, 5) is 6.35. The predicted molar refractivity (Wildman–Crippen MR) is 61.3 cm³/mol. The molecule has 82 valence electrons. The Morgan fingerprint density at radius 2 is 2.47 bits per heavy atom. The van der Waals surface area contributed by atoms with Crippen molar-refractivity contribution in [3.8, 4) is 5.75 Å². The molecule has 15 heavy (non-hydrogen) atoms. The van der Waals surface area contributed by atoms with E-state index in [0.29, 0.717) is 6.54 Å². The Balaban J connectivity index is 2.21. The number of halogens is 1. The van der Waals surface area contributed by atoms with E-state index in [-0.39, 0.29) is 6.10 Å². The molecule has 1 N–H and O–H groups in total. The van der Waals surface area contributed by atoms with Crippen LogP contribution in [0.2, 0.25) is 0 Å². The monoisotopic (exact) mass is 272 g/mol. The average Bonchev–Trinajstić information content (AvgIpc) is 2.66. The Labute approximate surface area is 97.0 Å². The molecule has 2 rings (SSSR count). The van der Waals surface area contributed by atoms with Gasteiger partial charge >= 0.3 is 0 Å². The first-order valence-corrected chi connectivity index (χ1v) is 5.62. The normalized spacial score (nSPS) is 20.7. The maximum absolute atomic E-state index is 9.43. The summed E-state index contributed by atoms with van der Waals surface area (Å²) in [7, 11) is 1.63. The van der Waals surface area contributed by atoms with Crippen LogP contribution in [0.3, 0.4) is 0 Å². The first-order valence-electron chi connectivity index (χ1n) is 4.83. The van der Waals surface area contributed by atoms with Gasteiger partial charge in [-0.25, -0.2) is 4.98 Å². The average molecular weight is 273 g/mol. The van der Waals surface area contributed by atoms with Gasteiger partial charge in [0.15, 0.2) is 0 Å². The van der Waals surface area contributed by atoms with Gasteiger partial charge in [0, 0.05) is 25.4 Å². The number of aliphatic hydroxyl groups excluding tert-OH is 1. The molecule has 0 aliphatic carbocycles. The number of ether oxygens (including phenoxy) is 1. The van der Waals surface area contributed by atoms with Crippen LogP contribution < -0.4 is 9.64 Å². The van der Waals surface area contributed by atoms with E-state index >= 15 is 0 Å². The Bertz CT molecular complexity index is 359. The van der Waals surface area contributed by atoms with Crippen molar-refractivity contribution in [3.63, 3.8) is 0 Å². The molecule has 1 aromatic rings. The van der Waals surface area contributed by atoms with E-state index in [9.17, 15) is 5.11 Å². The highest BCUT2D eigenvalue weighted by atomic mass is 79.9. The lowest BCUT2D eigenvalue weighted by Crippen LogP contribution is -2.22. The summed E-state index contributed by atoms with van der Waals surface area (Å²) < 4.78 is 6.04. The van der Waals surface area contributed by atoms with E-state index < -0.39 is 0 Å². The van der Waals surface area contributed by atoms with Crippen LogP contribution in [0, 0.1) is 0 Å². The molecular formula is C10H13BrN2O2. The van der Waals surface area contributed by atoms with Crippen molar-refractivity contribution in [2.45, 2.75) is 12.5 Å². The molecular weight excluding hydrogens is 260 g/mol. The summed E-state index contributed by atoms with van der Waals surface area (Å²) in [6.45, 7) is 1.50. The standard InChI is InChI=1S/C10H13BrN2O2/c1-15-9-4-10(12-5-8(9)11)13-3-2-7(14)6-13/h4-5,7,14H,2-3,6H2,1H3. The molecule has 5 heteroatoms. The number of anilines is 1. The van der Waals surface area contributed by atoms with Gasteiger partial charge in [0.05, 0.1) is 17.7 Å². The lowest BCUT2D eigenvalue weighted by molar-refractivity contribution is 0.198. The van der Waals surface area contributed by atoms with Crippen LogP contribution >= 0.6 is 15.9 Å². The fourth-order valence-electron chi connectivity index (χ4n) is 1.69. The minimum absolute atomic E-state index is 0.235. The maximum atomic E-state index is 9.43. The fraction of sp³-hybridized carbons (Fsp3) is 0.500. The summed E-state index contributed by atoms with van der Waals surface area (Å²) in [6, 6.07) is 1.88. The van der Waals surface area contributed by atoms with Crippen LogP contribution in [-0.4, -0.2) is 36.4 Å². The summed E-state index contributed by atoms with van der Waals surface area (Å²) in [5.41, 5.74) is 0. The molecule has 1 aliphatic heterocycles. The summed E-state index contributed by atoms with van der Waals surface area (Å²) in [5, 5.41) is 9.43. The molecule has 0 amide bonds. The van der Waals surface area contributed by atoms with Crippen LogP contribution in [0.15, 0.2) is 16.7 Å². The zero-order valence-corrected chi connectivity index (χ0v) is 10.1. The number of hydrogen-bond donors (Lipinski definition) is 1. The second kappa shape index (κ2) is 4.37. The van der Waals surface area contributed by atoms with Crippen molar-refractivity contribution in [2.75, 3.05) is 25.1 Å². The third-order valence-corrected chi connectivity index (χ3v) is 3.11. The first kappa shape index (κ1) is 10.7. The Morgan fingerprint density at radius 3 is 3.07 bits per heavy atom. The van der Waals surface area contributed by atoms with Gasteiger partial charge in [-0.15, -0.1) is 0 Å². The molecule has 1 aliphatic rings. The number of pyridine rings is 1. The number of β-amino-alcohol motifs (C(OH)–C–C–N with tert-alkyl or cyclic N) is 1. The van der Waals surface area contributed by atoms with E-state index in [1.807, 2.05) is 6.07 Å². The molecule has 0 saturated carbocycles. The van der Waals surface area contributed by atoms with Gasteiger partial charge in [-0.1, -0.05) is 0 Å². The van der Waals surface area contributed by atoms with E-state index in [1.54, 1.807) is 13.3 Å². The topological polar surface area (TPSA) is 45.6 Å². The first-order chi connectivity index (χ1) is 7.20. The summed E-state index contributed by atoms with van der Waals surface area (Å²) in [6.07, 6.45) is 2.29. The van der Waals surface area contributed by atoms with Gasteiger partial charge in [-0.2, -0.15) is 0 Å². The van der Waals surface area contributed by atoms with Gasteiger partial charge in [-0.3, -0.25) is 0 Å². The largest absolute Gasteiger partial charge is 0.495 e. The van der Waals surface area contributed by atoms with Crippen molar-refractivity contribution in [3.05, 3.63) is 16.7 Å². The predicted octanol–water partition coefficient (Wildman–Crippen LogP) is 1.42. The molecule has 1 atom stereocenters. The van der Waals surface area contributed by atoms with Crippen LogP contribution in [-0.2, 0) is 0 Å². The molecule has 0 radical (unpaired) electrons. The number of methoxy groups -OCH3 is 1. The highest BCUT2D eigenvalue weighted by molar-refractivity contribution is 9.10. The SMILES string of the molecule is COc1cc(N2CCC(O)C2)ncc1Br. The lowest BCUT2D eigenvalue weighted by atomic mass is 10.3. The Morgan fingerprint density at radius 1 is 1.67 bits per heavy atom. The molecule has 1 saturated heterocycles. The van der Waals surface area contributed by atoms with Crippen LogP contribution in [0.25, 0.3) is 0 Å². The number of aromatic nitrogens is 1. The van der Waals surface area contributed by atoms with Crippen molar-refractivity contribution in [1.29, 1.82) is 0 Å². The fourth-order valence-corrected chi connectivity index (χ4v) is 2.07. The van der Waals surface area contributed by atoms with E-state index in [1.165, 1.54) is 0 Å². The minimum atomic E-state index is -0.235. The minimum Gasteiger partial charge on any atom is -0.495 e. The maximum Gasteiger partial charge on any atom is 0.138 e. The third kappa shape index (κ3) is 2.23. The van der Waals surface area contributed by atoms with Gasteiger partial charge in [0.1, 0.15) is 11.6 Å². The number of nitrogens with zero attached hydrogens (tertiary/aromatic N) is 2. The number of rotatable bonds is 2. The molecule has 1 aromatic heterocycles. The van der Waals surface area contributed by atoms with E-state index in [0.717, 1.165) is 29.0 Å². The van der Waals surface area contributed by atoms with E-state index in [4.69, 9.17) is 4.74 Å². The third-order valence-electron chi connectivity index (χ3n) is 2.51. The van der Waals surface area contributed by atoms with Crippen molar-refractivity contribution in [1.82, 2.24) is 4.98 Å². The Kier molecular flexibility index (Phi) is 3.11. The van der Waals surface area contributed by atoms with Crippen LogP contribution in [0.1, 0.15) is 6.42 Å². The van der Waals surface area contributed by atoms with Crippen molar-refractivity contribution < 1.29 is 9.84 Å². The van der Waals surface area contributed by atoms with Gasteiger partial charge in [-0.05, 0) is 22.4 Å². The van der Waals surface area contributed by atoms with Crippen molar-refractivity contribution >= 4 is 21.7 Å². The molecule has 2 heterocycles. The summed E-state index contributed by atoms with van der Waals surface area (Å²) >= 11 is 3.36. The molecule has 0 bridgehead atoms. The lowest BCUT2D eigenvalue weighted by Gasteiger charge is -2.17. The van der Waals surface area contributed by atoms with Crippen LogP contribution in [0.5, 0.6) is 5.75 Å².